The Balaban J connectivity index is 2.84. The summed E-state index contributed by atoms with van der Waals surface area (Å²) in [5.41, 5.74) is 0.634. The molecule has 0 atom stereocenters. The molecule has 1 aromatic carbocycles. The van der Waals surface area contributed by atoms with Gasteiger partial charge in [-0.05, 0) is 12.1 Å². The van der Waals surface area contributed by atoms with E-state index in [1.165, 1.54) is 24.5 Å². The number of fused-ring (bicyclic) bond motifs is 1. The molecule has 1 aromatic heterocycles. The number of benzene rings is 1. The Labute approximate surface area is 84.5 Å². The first kappa shape index (κ1) is 9.09. The summed E-state index contributed by atoms with van der Waals surface area (Å²) in [6, 6.07) is 4.36. The molecule has 0 aliphatic carbocycles. The second-order valence-electron chi connectivity index (χ2n) is 2.90. The average Bonchev–Trinajstić information content (AvgIpc) is 2.18. The standard InChI is InChI=1S/C10H7ClO3/c11-4-6-5-14-9-3-7(12)1-2-8(9)10(6)13/h1-3,5,12H,4H2. The van der Waals surface area contributed by atoms with E-state index in [1.54, 1.807) is 0 Å². The molecule has 0 spiro atoms. The highest BCUT2D eigenvalue weighted by Crippen LogP contribution is 2.17. The van der Waals surface area contributed by atoms with Gasteiger partial charge in [0.2, 0.25) is 0 Å². The Kier molecular flexibility index (Phi) is 2.17. The number of rotatable bonds is 1. The largest absolute Gasteiger partial charge is 0.508 e. The molecule has 3 nitrogen and oxygen atoms in total. The summed E-state index contributed by atoms with van der Waals surface area (Å²) in [5.74, 6) is 0.193. The number of alkyl halides is 1. The quantitative estimate of drug-likeness (QED) is 0.735. The van der Waals surface area contributed by atoms with Gasteiger partial charge in [0.05, 0.1) is 23.1 Å². The smallest absolute Gasteiger partial charge is 0.197 e. The van der Waals surface area contributed by atoms with Crippen molar-refractivity contribution in [2.75, 3.05) is 0 Å². The van der Waals surface area contributed by atoms with Gasteiger partial charge < -0.3 is 9.52 Å². The van der Waals surface area contributed by atoms with Crippen molar-refractivity contribution in [1.29, 1.82) is 0 Å². The number of phenolic OH excluding ortho intramolecular Hbond substituents is 1. The molecule has 14 heavy (non-hydrogen) atoms. The fraction of sp³-hybridized carbons (Fsp3) is 0.100. The lowest BCUT2D eigenvalue weighted by Crippen LogP contribution is -2.06. The highest BCUT2D eigenvalue weighted by atomic mass is 35.5. The molecule has 0 unspecified atom stereocenters. The minimum Gasteiger partial charge on any atom is -0.508 e. The van der Waals surface area contributed by atoms with Gasteiger partial charge in [-0.15, -0.1) is 11.6 Å². The molecule has 0 saturated heterocycles. The van der Waals surface area contributed by atoms with Crippen molar-refractivity contribution >= 4 is 22.6 Å². The lowest BCUT2D eigenvalue weighted by molar-refractivity contribution is 0.474. The van der Waals surface area contributed by atoms with E-state index in [-0.39, 0.29) is 17.1 Å². The summed E-state index contributed by atoms with van der Waals surface area (Å²) in [7, 11) is 0. The fourth-order valence-corrected chi connectivity index (χ4v) is 1.43. The van der Waals surface area contributed by atoms with Gasteiger partial charge in [-0.3, -0.25) is 4.79 Å². The van der Waals surface area contributed by atoms with E-state index in [2.05, 4.69) is 0 Å². The van der Waals surface area contributed by atoms with Crippen LogP contribution in [0.25, 0.3) is 11.0 Å². The summed E-state index contributed by atoms with van der Waals surface area (Å²) >= 11 is 5.55. The molecule has 0 aliphatic rings. The van der Waals surface area contributed by atoms with Gasteiger partial charge >= 0.3 is 0 Å². The van der Waals surface area contributed by atoms with Crippen LogP contribution in [0.1, 0.15) is 5.56 Å². The van der Waals surface area contributed by atoms with Gasteiger partial charge in [-0.25, -0.2) is 0 Å². The molecule has 1 heterocycles. The molecular weight excluding hydrogens is 204 g/mol. The number of hydrogen-bond acceptors (Lipinski definition) is 3. The first-order valence-corrected chi connectivity index (χ1v) is 4.55. The third-order valence-corrected chi connectivity index (χ3v) is 2.26. The van der Waals surface area contributed by atoms with E-state index in [0.717, 1.165) is 0 Å². The molecule has 2 aromatic rings. The van der Waals surface area contributed by atoms with Crippen LogP contribution < -0.4 is 5.43 Å². The highest BCUT2D eigenvalue weighted by Gasteiger charge is 2.05. The van der Waals surface area contributed by atoms with Crippen molar-refractivity contribution in [3.05, 3.63) is 40.2 Å². The Bertz CT molecular complexity index is 530. The van der Waals surface area contributed by atoms with Crippen LogP contribution in [0.15, 0.2) is 33.7 Å². The molecule has 1 N–H and O–H groups in total. The van der Waals surface area contributed by atoms with Gasteiger partial charge in [0.25, 0.3) is 0 Å². The van der Waals surface area contributed by atoms with Crippen LogP contribution in [-0.2, 0) is 5.88 Å². The maximum Gasteiger partial charge on any atom is 0.197 e. The second-order valence-corrected chi connectivity index (χ2v) is 3.17. The van der Waals surface area contributed by atoms with Gasteiger partial charge in [-0.2, -0.15) is 0 Å². The molecule has 0 amide bonds. The Morgan fingerprint density at radius 2 is 2.21 bits per heavy atom. The minimum absolute atomic E-state index is 0.0688. The van der Waals surface area contributed by atoms with Crippen LogP contribution in [0.5, 0.6) is 5.75 Å². The number of hydrogen-bond donors (Lipinski definition) is 1. The van der Waals surface area contributed by atoms with Crippen LogP contribution >= 0.6 is 11.6 Å². The normalized spacial score (nSPS) is 10.6. The van der Waals surface area contributed by atoms with Crippen molar-refractivity contribution in [3.63, 3.8) is 0 Å². The minimum atomic E-state index is -0.152. The summed E-state index contributed by atoms with van der Waals surface area (Å²) < 4.78 is 5.15. The SMILES string of the molecule is O=c1c(CCl)coc2cc(O)ccc12. The first-order valence-electron chi connectivity index (χ1n) is 4.02. The summed E-state index contributed by atoms with van der Waals surface area (Å²) in [6.07, 6.45) is 1.32. The molecule has 0 aliphatic heterocycles. The van der Waals surface area contributed by atoms with E-state index in [4.69, 9.17) is 21.1 Å². The molecule has 0 saturated carbocycles. The molecule has 72 valence electrons. The molecule has 0 fully saturated rings. The van der Waals surface area contributed by atoms with E-state index < -0.39 is 0 Å². The average molecular weight is 211 g/mol. The van der Waals surface area contributed by atoms with Crippen molar-refractivity contribution in [1.82, 2.24) is 0 Å². The van der Waals surface area contributed by atoms with Crippen molar-refractivity contribution < 1.29 is 9.52 Å². The van der Waals surface area contributed by atoms with Crippen LogP contribution in [0.2, 0.25) is 0 Å². The third kappa shape index (κ3) is 1.36. The molecular formula is C10H7ClO3. The van der Waals surface area contributed by atoms with E-state index in [0.29, 0.717) is 16.5 Å². The zero-order valence-electron chi connectivity index (χ0n) is 7.16. The maximum atomic E-state index is 11.6. The molecule has 0 radical (unpaired) electrons. The topological polar surface area (TPSA) is 50.4 Å². The van der Waals surface area contributed by atoms with E-state index in [1.807, 2.05) is 0 Å². The van der Waals surface area contributed by atoms with E-state index >= 15 is 0 Å². The fourth-order valence-electron chi connectivity index (χ4n) is 1.25. The zero-order valence-corrected chi connectivity index (χ0v) is 7.91. The zero-order chi connectivity index (χ0) is 10.1. The van der Waals surface area contributed by atoms with Gasteiger partial charge in [-0.1, -0.05) is 0 Å². The Morgan fingerprint density at radius 3 is 2.93 bits per heavy atom. The molecule has 2 rings (SSSR count). The Hall–Kier alpha value is -1.48. The highest BCUT2D eigenvalue weighted by molar-refractivity contribution is 6.17. The van der Waals surface area contributed by atoms with Crippen molar-refractivity contribution in [3.8, 4) is 5.75 Å². The number of halogens is 1. The third-order valence-electron chi connectivity index (χ3n) is 1.97. The van der Waals surface area contributed by atoms with E-state index in [9.17, 15) is 4.79 Å². The molecule has 0 bridgehead atoms. The van der Waals surface area contributed by atoms with Crippen LogP contribution in [-0.4, -0.2) is 5.11 Å². The number of aromatic hydroxyl groups is 1. The van der Waals surface area contributed by atoms with Gasteiger partial charge in [0.15, 0.2) is 5.43 Å². The van der Waals surface area contributed by atoms with Crippen LogP contribution in [0.3, 0.4) is 0 Å². The van der Waals surface area contributed by atoms with Gasteiger partial charge in [0, 0.05) is 6.07 Å². The predicted molar refractivity (Wildman–Crippen MR) is 53.7 cm³/mol. The Morgan fingerprint density at radius 1 is 1.43 bits per heavy atom. The predicted octanol–water partition coefficient (Wildman–Crippen LogP) is 2.24. The first-order chi connectivity index (χ1) is 6.72. The van der Waals surface area contributed by atoms with Crippen LogP contribution in [0.4, 0.5) is 0 Å². The second kappa shape index (κ2) is 3.35. The molecule has 4 heteroatoms. The monoisotopic (exact) mass is 210 g/mol. The number of phenols is 1. The lowest BCUT2D eigenvalue weighted by Gasteiger charge is -1.99. The van der Waals surface area contributed by atoms with Crippen LogP contribution in [0, 0.1) is 0 Å². The van der Waals surface area contributed by atoms with Gasteiger partial charge in [0.1, 0.15) is 11.3 Å². The van der Waals surface area contributed by atoms with Crippen molar-refractivity contribution in [2.45, 2.75) is 5.88 Å². The maximum absolute atomic E-state index is 11.6. The van der Waals surface area contributed by atoms with Crippen molar-refractivity contribution in [2.24, 2.45) is 0 Å². The summed E-state index contributed by atoms with van der Waals surface area (Å²) in [5, 5.41) is 9.59. The summed E-state index contributed by atoms with van der Waals surface area (Å²) in [6.45, 7) is 0. The lowest BCUT2D eigenvalue weighted by atomic mass is 10.2. The summed E-state index contributed by atoms with van der Waals surface area (Å²) in [4.78, 5) is 11.6.